The highest BCUT2D eigenvalue weighted by Crippen LogP contribution is 2.80. The fourth-order valence-electron chi connectivity index (χ4n) is 17.5. The van der Waals surface area contributed by atoms with Crippen molar-refractivity contribution in [2.75, 3.05) is 39.6 Å². The number of hydrogen-bond acceptors (Lipinski definition) is 22. The van der Waals surface area contributed by atoms with Crippen molar-refractivity contribution in [1.82, 2.24) is 0 Å². The highest BCUT2D eigenvalue weighted by atomic mass is 16.8. The van der Waals surface area contributed by atoms with Gasteiger partial charge in [0, 0.05) is 16.2 Å². The average Bonchev–Trinajstić information content (AvgIpc) is 3.65. The van der Waals surface area contributed by atoms with Crippen molar-refractivity contribution in [2.24, 2.45) is 50.2 Å². The molecule has 0 amide bonds. The van der Waals surface area contributed by atoms with E-state index in [9.17, 15) is 66.4 Å². The zero-order chi connectivity index (χ0) is 53.5. The van der Waals surface area contributed by atoms with Gasteiger partial charge in [-0.15, -0.1) is 0 Å². The number of aliphatic hydroxyl groups is 13. The van der Waals surface area contributed by atoms with Gasteiger partial charge >= 0.3 is 0 Å². The Balaban J connectivity index is 0.898. The molecule has 1 spiro atoms. The van der Waals surface area contributed by atoms with Crippen LogP contribution >= 0.6 is 0 Å². The second-order valence-corrected chi connectivity index (χ2v) is 26.0. The second kappa shape index (κ2) is 20.0. The summed E-state index contributed by atoms with van der Waals surface area (Å²) in [5.74, 6) is 0.458. The summed E-state index contributed by atoms with van der Waals surface area (Å²) in [4.78, 5) is 0. The molecule has 10 aliphatic rings. The summed E-state index contributed by atoms with van der Waals surface area (Å²) in [6, 6.07) is 0. The zero-order valence-corrected chi connectivity index (χ0v) is 43.6. The molecular weight excluding hydrogens is 977 g/mol. The van der Waals surface area contributed by atoms with Crippen LogP contribution in [0.2, 0.25) is 0 Å². The third-order valence-electron chi connectivity index (χ3n) is 22.0. The monoisotopic (exact) mass is 1060 g/mol. The molecule has 2 bridgehead atoms. The fraction of sp³-hybridized carbons (Fsp3) is 1.00. The van der Waals surface area contributed by atoms with Crippen LogP contribution in [0.3, 0.4) is 0 Å². The predicted octanol–water partition coefficient (Wildman–Crippen LogP) is -2.10. The molecule has 0 aromatic carbocycles. The molecule has 29 atom stereocenters. The van der Waals surface area contributed by atoms with Gasteiger partial charge in [0.2, 0.25) is 0 Å². The molecule has 0 aromatic heterocycles. The van der Waals surface area contributed by atoms with E-state index in [2.05, 4.69) is 34.6 Å². The van der Waals surface area contributed by atoms with Gasteiger partial charge in [-0.05, 0) is 98.2 Å². The van der Waals surface area contributed by atoms with Crippen molar-refractivity contribution in [3.8, 4) is 0 Å². The fourth-order valence-corrected chi connectivity index (χ4v) is 17.5. The number of rotatable bonds is 11. The Bertz CT molecular complexity index is 1990. The standard InChI is InChI=1S/C52H86O22/c1-46(2)13-14-51-22-68-52(29(51)15-46)12-8-28-47(3)10-9-31(48(4,21-55)27(47)7-11-49(28,5)50(52,6)16-30(51)58)71-45-41(33(60)24(57)20-67-45)74-44-38(65)40(73-43-37(64)35(62)34(61)25(17-53)69-43)39(26(18-54)70-44)72-42-36(63)32(59)23(56)19-66-42/h23-45,53-65H,7-22H2,1-6H3. The molecule has 5 aliphatic carbocycles. The van der Waals surface area contributed by atoms with E-state index < -0.39 is 148 Å². The van der Waals surface area contributed by atoms with Gasteiger partial charge in [-0.3, -0.25) is 0 Å². The molecule has 22 nitrogen and oxygen atoms in total. The SMILES string of the molecule is CC1(C)CCC23COC4(CCC5C6(C)CCC(OC7OCC(O)C(O)C7OC7OC(CO)C(OC8OCC(O)C(O)C8O)C(OC8OC(CO)C(O)C(O)C8O)C7O)C(C)(CO)C6CCC5(C)C4(C)CC2O)C3C1. The van der Waals surface area contributed by atoms with Gasteiger partial charge in [0.05, 0.1) is 57.5 Å². The number of hydrogen-bond donors (Lipinski definition) is 13. The average molecular weight is 1060 g/mol. The molecular formula is C52H86O22. The molecule has 13 N–H and O–H groups in total. The molecule has 29 unspecified atom stereocenters. The lowest BCUT2D eigenvalue weighted by molar-refractivity contribution is -0.400. The quantitative estimate of drug-likeness (QED) is 0.0986. The zero-order valence-electron chi connectivity index (χ0n) is 43.6. The van der Waals surface area contributed by atoms with Gasteiger partial charge < -0.3 is 109 Å². The Morgan fingerprint density at radius 3 is 1.80 bits per heavy atom. The molecule has 5 heterocycles. The first-order valence-electron chi connectivity index (χ1n) is 27.2. The molecule has 10 rings (SSSR count). The van der Waals surface area contributed by atoms with E-state index in [-0.39, 0.29) is 63.6 Å². The molecule has 10 fully saturated rings. The van der Waals surface area contributed by atoms with Gasteiger partial charge in [0.1, 0.15) is 85.5 Å². The van der Waals surface area contributed by atoms with Crippen LogP contribution in [0.25, 0.3) is 0 Å². The van der Waals surface area contributed by atoms with E-state index in [0.29, 0.717) is 19.4 Å². The number of fused-ring (bicyclic) bond motifs is 4. The first kappa shape index (κ1) is 56.4. The Kier molecular flexibility index (Phi) is 15.2. The molecule has 5 saturated heterocycles. The normalized spacial score (nSPS) is 58.2. The molecule has 5 aliphatic heterocycles. The second-order valence-electron chi connectivity index (χ2n) is 26.0. The van der Waals surface area contributed by atoms with Gasteiger partial charge in [0.25, 0.3) is 0 Å². The first-order chi connectivity index (χ1) is 34.8. The largest absolute Gasteiger partial charge is 0.396 e. The molecule has 0 radical (unpaired) electrons. The van der Waals surface area contributed by atoms with E-state index >= 15 is 0 Å². The van der Waals surface area contributed by atoms with Gasteiger partial charge in [-0.2, -0.15) is 0 Å². The third kappa shape index (κ3) is 8.39. The maximum atomic E-state index is 12.3. The van der Waals surface area contributed by atoms with Crippen LogP contribution in [0.5, 0.6) is 0 Å². The summed E-state index contributed by atoms with van der Waals surface area (Å²) >= 11 is 0. The van der Waals surface area contributed by atoms with E-state index in [1.54, 1.807) is 0 Å². The molecule has 0 aromatic rings. The van der Waals surface area contributed by atoms with Crippen LogP contribution in [-0.4, -0.2) is 234 Å². The molecule has 22 heteroatoms. The summed E-state index contributed by atoms with van der Waals surface area (Å²) in [5, 5.41) is 143. The maximum Gasteiger partial charge on any atom is 0.187 e. The number of aliphatic hydroxyl groups excluding tert-OH is 13. The summed E-state index contributed by atoms with van der Waals surface area (Å²) in [7, 11) is 0. The van der Waals surface area contributed by atoms with Crippen molar-refractivity contribution in [3.63, 3.8) is 0 Å². The van der Waals surface area contributed by atoms with Gasteiger partial charge in [0.15, 0.2) is 25.2 Å². The Hall–Kier alpha value is -0.880. The minimum Gasteiger partial charge on any atom is -0.396 e. The maximum absolute atomic E-state index is 12.3. The van der Waals surface area contributed by atoms with Crippen LogP contribution in [0.15, 0.2) is 0 Å². The Morgan fingerprint density at radius 2 is 1.11 bits per heavy atom. The van der Waals surface area contributed by atoms with Crippen molar-refractivity contribution in [2.45, 2.75) is 234 Å². The highest BCUT2D eigenvalue weighted by Gasteiger charge is 2.80. The summed E-state index contributed by atoms with van der Waals surface area (Å²) < 4.78 is 55.7. The van der Waals surface area contributed by atoms with Gasteiger partial charge in [-0.25, -0.2) is 0 Å². The number of ether oxygens (including phenoxy) is 9. The summed E-state index contributed by atoms with van der Waals surface area (Å²) in [6.07, 6.45) is -23.8. The lowest BCUT2D eigenvalue weighted by Crippen LogP contribution is -2.74. The van der Waals surface area contributed by atoms with Crippen LogP contribution in [0.1, 0.15) is 106 Å². The highest BCUT2D eigenvalue weighted by molar-refractivity contribution is 5.28. The minimum atomic E-state index is -2.04. The smallest absolute Gasteiger partial charge is 0.187 e. The molecule has 426 valence electrons. The van der Waals surface area contributed by atoms with E-state index in [4.69, 9.17) is 42.6 Å². The van der Waals surface area contributed by atoms with E-state index in [1.807, 2.05) is 6.92 Å². The van der Waals surface area contributed by atoms with E-state index in [1.165, 1.54) is 0 Å². The summed E-state index contributed by atoms with van der Waals surface area (Å²) in [5.41, 5.74) is -2.03. The van der Waals surface area contributed by atoms with Crippen molar-refractivity contribution >= 4 is 0 Å². The van der Waals surface area contributed by atoms with Crippen LogP contribution in [-0.2, 0) is 42.6 Å². The van der Waals surface area contributed by atoms with Crippen LogP contribution in [0, 0.1) is 50.2 Å². The van der Waals surface area contributed by atoms with E-state index in [0.717, 1.165) is 51.4 Å². The minimum absolute atomic E-state index is 0.0410. The molecule has 5 saturated carbocycles. The van der Waals surface area contributed by atoms with Crippen molar-refractivity contribution < 1.29 is 109 Å². The first-order valence-corrected chi connectivity index (χ1v) is 27.2. The Morgan fingerprint density at radius 1 is 0.500 bits per heavy atom. The molecule has 74 heavy (non-hydrogen) atoms. The van der Waals surface area contributed by atoms with Crippen LogP contribution in [0.4, 0.5) is 0 Å². The third-order valence-corrected chi connectivity index (χ3v) is 22.0. The van der Waals surface area contributed by atoms with Crippen molar-refractivity contribution in [1.29, 1.82) is 0 Å². The lowest BCUT2D eigenvalue weighted by Gasteiger charge is -2.75. The van der Waals surface area contributed by atoms with Crippen LogP contribution < -0.4 is 0 Å². The lowest BCUT2D eigenvalue weighted by atomic mass is 9.30. The topological polar surface area (TPSA) is 346 Å². The van der Waals surface area contributed by atoms with Crippen molar-refractivity contribution in [3.05, 3.63) is 0 Å². The summed E-state index contributed by atoms with van der Waals surface area (Å²) in [6.45, 7) is 11.7. The van der Waals surface area contributed by atoms with Gasteiger partial charge in [-0.1, -0.05) is 41.5 Å². The predicted molar refractivity (Wildman–Crippen MR) is 252 cm³/mol. The Labute approximate surface area is 432 Å².